The monoisotopic (exact) mass is 255 g/mol. The molecule has 1 aromatic heterocycles. The van der Waals surface area contributed by atoms with E-state index in [-0.39, 0.29) is 12.2 Å². The first kappa shape index (κ1) is 12.5. The van der Waals surface area contributed by atoms with Gasteiger partial charge in [0.1, 0.15) is 16.5 Å². The van der Waals surface area contributed by atoms with Crippen molar-refractivity contribution in [3.05, 3.63) is 16.1 Å². The Bertz CT molecular complexity index is 427. The average molecular weight is 255 g/mol. The van der Waals surface area contributed by atoms with E-state index in [0.29, 0.717) is 5.69 Å². The zero-order valence-corrected chi connectivity index (χ0v) is 11.1. The van der Waals surface area contributed by atoms with Crippen molar-refractivity contribution in [2.75, 3.05) is 0 Å². The number of hydrogen-bond donors (Lipinski definition) is 1. The lowest BCUT2D eigenvalue weighted by Crippen LogP contribution is -2.28. The topological polar surface area (TPSA) is 59.4 Å². The molecule has 0 spiro atoms. The third kappa shape index (κ3) is 2.35. The first-order valence-electron chi connectivity index (χ1n) is 5.76. The maximum Gasteiger partial charge on any atom is 0.315 e. The van der Waals surface area contributed by atoms with Crippen molar-refractivity contribution in [3.63, 3.8) is 0 Å². The Morgan fingerprint density at radius 2 is 2.29 bits per heavy atom. The van der Waals surface area contributed by atoms with Gasteiger partial charge in [-0.05, 0) is 33.6 Å². The lowest BCUT2D eigenvalue weighted by molar-refractivity contribution is -0.142. The highest BCUT2D eigenvalue weighted by Crippen LogP contribution is 2.36. The standard InChI is InChI=1S/C12H17NO3S/c1-7-4-5-8(16-7)10-13-9(6-17-10)12(2,3)11(14)15/h6-8H,4-5H2,1-3H3,(H,14,15). The van der Waals surface area contributed by atoms with E-state index in [1.165, 1.54) is 11.3 Å². The average Bonchev–Trinajstić information content (AvgIpc) is 2.85. The number of ether oxygens (including phenoxy) is 1. The summed E-state index contributed by atoms with van der Waals surface area (Å²) >= 11 is 1.49. The Hall–Kier alpha value is -0.940. The van der Waals surface area contributed by atoms with Gasteiger partial charge in [0.2, 0.25) is 0 Å². The predicted molar refractivity (Wildman–Crippen MR) is 65.3 cm³/mol. The van der Waals surface area contributed by atoms with Gasteiger partial charge in [0.05, 0.1) is 11.8 Å². The summed E-state index contributed by atoms with van der Waals surface area (Å²) in [4.78, 5) is 15.6. The minimum atomic E-state index is -0.932. The van der Waals surface area contributed by atoms with Crippen LogP contribution in [0.25, 0.3) is 0 Å². The fraction of sp³-hybridized carbons (Fsp3) is 0.667. The Labute approximate surface area is 105 Å². The second-order valence-electron chi connectivity index (χ2n) is 5.01. The third-order valence-electron chi connectivity index (χ3n) is 3.20. The van der Waals surface area contributed by atoms with Crippen LogP contribution in [0.5, 0.6) is 0 Å². The van der Waals surface area contributed by atoms with E-state index in [2.05, 4.69) is 11.9 Å². The fourth-order valence-electron chi connectivity index (χ4n) is 1.82. The summed E-state index contributed by atoms with van der Waals surface area (Å²) in [5.74, 6) is -0.852. The molecular weight excluding hydrogens is 238 g/mol. The molecule has 1 aliphatic rings. The van der Waals surface area contributed by atoms with Gasteiger partial charge in [-0.3, -0.25) is 4.79 Å². The highest BCUT2D eigenvalue weighted by molar-refractivity contribution is 7.09. The fourth-order valence-corrected chi connectivity index (χ4v) is 2.87. The van der Waals surface area contributed by atoms with E-state index < -0.39 is 11.4 Å². The maximum atomic E-state index is 11.1. The van der Waals surface area contributed by atoms with Crippen molar-refractivity contribution in [2.24, 2.45) is 0 Å². The number of aromatic nitrogens is 1. The number of carboxylic acids is 1. The van der Waals surface area contributed by atoms with Gasteiger partial charge in [-0.1, -0.05) is 0 Å². The molecule has 4 nitrogen and oxygen atoms in total. The molecule has 1 aromatic rings. The smallest absolute Gasteiger partial charge is 0.315 e. The highest BCUT2D eigenvalue weighted by Gasteiger charge is 2.34. The van der Waals surface area contributed by atoms with Gasteiger partial charge in [0, 0.05) is 5.38 Å². The van der Waals surface area contributed by atoms with Crippen LogP contribution in [-0.2, 0) is 14.9 Å². The molecule has 2 heterocycles. The molecule has 2 unspecified atom stereocenters. The summed E-state index contributed by atoms with van der Waals surface area (Å²) in [6, 6.07) is 0. The van der Waals surface area contributed by atoms with Gasteiger partial charge in [0.25, 0.3) is 0 Å². The van der Waals surface area contributed by atoms with Gasteiger partial charge in [-0.2, -0.15) is 0 Å². The molecule has 1 N–H and O–H groups in total. The number of rotatable bonds is 3. The second kappa shape index (κ2) is 4.38. The normalized spacial score (nSPS) is 25.1. The van der Waals surface area contributed by atoms with Crippen LogP contribution >= 0.6 is 11.3 Å². The highest BCUT2D eigenvalue weighted by atomic mass is 32.1. The van der Waals surface area contributed by atoms with Crippen molar-refractivity contribution in [1.82, 2.24) is 4.98 Å². The second-order valence-corrected chi connectivity index (χ2v) is 5.90. The molecule has 0 radical (unpaired) electrons. The summed E-state index contributed by atoms with van der Waals surface area (Å²) < 4.78 is 5.73. The largest absolute Gasteiger partial charge is 0.481 e. The predicted octanol–water partition coefficient (Wildman–Crippen LogP) is 2.75. The molecule has 94 valence electrons. The molecule has 1 saturated heterocycles. The van der Waals surface area contributed by atoms with Crippen LogP contribution in [0.2, 0.25) is 0 Å². The quantitative estimate of drug-likeness (QED) is 0.902. The number of hydrogen-bond acceptors (Lipinski definition) is 4. The molecule has 0 aliphatic carbocycles. The van der Waals surface area contributed by atoms with E-state index in [1.807, 2.05) is 5.38 Å². The lowest BCUT2D eigenvalue weighted by atomic mass is 9.90. The van der Waals surface area contributed by atoms with Crippen molar-refractivity contribution in [1.29, 1.82) is 0 Å². The first-order valence-corrected chi connectivity index (χ1v) is 6.64. The molecule has 0 amide bonds. The minimum absolute atomic E-state index is 0.0494. The zero-order chi connectivity index (χ0) is 12.6. The number of nitrogens with zero attached hydrogens (tertiary/aromatic N) is 1. The van der Waals surface area contributed by atoms with Gasteiger partial charge < -0.3 is 9.84 Å². The minimum Gasteiger partial charge on any atom is -0.481 e. The van der Waals surface area contributed by atoms with Crippen LogP contribution in [0.15, 0.2) is 5.38 Å². The molecule has 0 bridgehead atoms. The van der Waals surface area contributed by atoms with Crippen molar-refractivity contribution < 1.29 is 14.6 Å². The first-order chi connectivity index (χ1) is 7.91. The summed E-state index contributed by atoms with van der Waals surface area (Å²) in [6.07, 6.45) is 2.34. The summed E-state index contributed by atoms with van der Waals surface area (Å²) in [5.41, 5.74) is -0.313. The van der Waals surface area contributed by atoms with Gasteiger partial charge >= 0.3 is 5.97 Å². The van der Waals surface area contributed by atoms with Crippen LogP contribution in [0.1, 0.15) is 50.4 Å². The van der Waals surface area contributed by atoms with Gasteiger partial charge in [-0.15, -0.1) is 11.3 Å². The number of carbonyl (C=O) groups is 1. The molecule has 1 fully saturated rings. The SMILES string of the molecule is CC1CCC(c2nc(C(C)(C)C(=O)O)cs2)O1. The summed E-state index contributed by atoms with van der Waals surface area (Å²) in [7, 11) is 0. The van der Waals surface area contributed by atoms with Gasteiger partial charge in [0.15, 0.2) is 0 Å². The van der Waals surface area contributed by atoms with Crippen molar-refractivity contribution in [3.8, 4) is 0 Å². The molecule has 2 rings (SSSR count). The Balaban J connectivity index is 2.19. The van der Waals surface area contributed by atoms with E-state index in [4.69, 9.17) is 9.84 Å². The van der Waals surface area contributed by atoms with Crippen LogP contribution < -0.4 is 0 Å². The Morgan fingerprint density at radius 1 is 1.59 bits per heavy atom. The van der Waals surface area contributed by atoms with Crippen LogP contribution in [-0.4, -0.2) is 22.2 Å². The third-order valence-corrected chi connectivity index (χ3v) is 4.14. The van der Waals surface area contributed by atoms with E-state index in [0.717, 1.165) is 17.8 Å². The number of aliphatic carboxylic acids is 1. The number of carboxylic acid groups (broad SMARTS) is 1. The van der Waals surface area contributed by atoms with E-state index in [9.17, 15) is 4.79 Å². The summed E-state index contributed by atoms with van der Waals surface area (Å²) in [6.45, 7) is 5.40. The van der Waals surface area contributed by atoms with Crippen molar-refractivity contribution >= 4 is 17.3 Å². The van der Waals surface area contributed by atoms with E-state index >= 15 is 0 Å². The van der Waals surface area contributed by atoms with Crippen LogP contribution in [0, 0.1) is 0 Å². The molecule has 2 atom stereocenters. The number of thiazole rings is 1. The maximum absolute atomic E-state index is 11.1. The van der Waals surface area contributed by atoms with Crippen LogP contribution in [0.3, 0.4) is 0 Å². The lowest BCUT2D eigenvalue weighted by Gasteiger charge is -2.16. The van der Waals surface area contributed by atoms with Crippen molar-refractivity contribution in [2.45, 2.75) is 51.2 Å². The Morgan fingerprint density at radius 3 is 2.82 bits per heavy atom. The molecule has 0 saturated carbocycles. The molecular formula is C12H17NO3S. The molecule has 17 heavy (non-hydrogen) atoms. The molecule has 0 aromatic carbocycles. The van der Waals surface area contributed by atoms with E-state index in [1.54, 1.807) is 13.8 Å². The van der Waals surface area contributed by atoms with Gasteiger partial charge in [-0.25, -0.2) is 4.98 Å². The summed E-state index contributed by atoms with van der Waals surface area (Å²) in [5, 5.41) is 11.9. The molecule has 5 heteroatoms. The zero-order valence-electron chi connectivity index (χ0n) is 10.3. The molecule has 1 aliphatic heterocycles. The Kier molecular flexibility index (Phi) is 3.23. The van der Waals surface area contributed by atoms with Crippen LogP contribution in [0.4, 0.5) is 0 Å².